The topological polar surface area (TPSA) is 66.4 Å². The number of hydrogen-bond donors (Lipinski definition) is 2. The molecule has 1 aromatic rings. The number of benzene rings is 1. The normalized spacial score (nSPS) is 11.6. The first-order valence-corrected chi connectivity index (χ1v) is 8.18. The van der Waals surface area contributed by atoms with E-state index in [1.807, 2.05) is 26.0 Å². The highest BCUT2D eigenvalue weighted by Crippen LogP contribution is 2.28. The highest BCUT2D eigenvalue weighted by atomic mass is 79.9. The van der Waals surface area contributed by atoms with Gasteiger partial charge in [-0.1, -0.05) is 6.07 Å². The van der Waals surface area contributed by atoms with Gasteiger partial charge in [0.25, 0.3) is 0 Å². The van der Waals surface area contributed by atoms with Gasteiger partial charge in [-0.3, -0.25) is 4.72 Å². The van der Waals surface area contributed by atoms with Gasteiger partial charge in [0.1, 0.15) is 0 Å². The largest absolute Gasteiger partial charge is 0.396 e. The number of halogens is 1. The lowest BCUT2D eigenvalue weighted by Gasteiger charge is -2.13. The number of rotatable bonds is 6. The minimum Gasteiger partial charge on any atom is -0.396 e. The summed E-state index contributed by atoms with van der Waals surface area (Å²) < 4.78 is 27.0. The predicted molar refractivity (Wildman–Crippen MR) is 77.3 cm³/mol. The Kier molecular flexibility index (Phi) is 5.62. The lowest BCUT2D eigenvalue weighted by Crippen LogP contribution is -2.18. The molecule has 102 valence electrons. The van der Waals surface area contributed by atoms with Crippen LogP contribution in [0.4, 0.5) is 5.69 Å². The minimum absolute atomic E-state index is 0.0166. The summed E-state index contributed by atoms with van der Waals surface area (Å²) >= 11 is 3.37. The summed E-state index contributed by atoms with van der Waals surface area (Å²) in [5.74, 6) is 0.0211. The zero-order valence-corrected chi connectivity index (χ0v) is 12.9. The molecule has 0 fully saturated rings. The van der Waals surface area contributed by atoms with Crippen LogP contribution in [-0.4, -0.2) is 25.9 Å². The van der Waals surface area contributed by atoms with Gasteiger partial charge in [-0.2, -0.15) is 0 Å². The van der Waals surface area contributed by atoms with E-state index >= 15 is 0 Å². The maximum absolute atomic E-state index is 11.9. The van der Waals surface area contributed by atoms with E-state index in [-0.39, 0.29) is 12.4 Å². The fourth-order valence-corrected chi connectivity index (χ4v) is 3.83. The van der Waals surface area contributed by atoms with Gasteiger partial charge in [0.2, 0.25) is 10.0 Å². The molecule has 0 radical (unpaired) electrons. The first-order valence-electron chi connectivity index (χ1n) is 5.74. The monoisotopic (exact) mass is 335 g/mol. The van der Waals surface area contributed by atoms with Crippen molar-refractivity contribution in [1.82, 2.24) is 0 Å². The molecular formula is C12H18BrNO3S. The van der Waals surface area contributed by atoms with E-state index in [2.05, 4.69) is 20.7 Å². The Bertz CT molecular complexity index is 491. The zero-order valence-electron chi connectivity index (χ0n) is 10.5. The van der Waals surface area contributed by atoms with Gasteiger partial charge in [-0.05, 0) is 59.8 Å². The molecule has 0 aliphatic rings. The molecular weight excluding hydrogens is 318 g/mol. The third kappa shape index (κ3) is 4.59. The second-order valence-corrected chi connectivity index (χ2v) is 6.99. The standard InChI is InChI=1S/C12H18BrNO3S/c1-9-7-10(2)12(11(13)8-9)14-18(16,17)6-4-3-5-15/h7-8,14-15H,3-6H2,1-2H3. The van der Waals surface area contributed by atoms with Gasteiger partial charge in [0, 0.05) is 11.1 Å². The molecule has 1 aromatic carbocycles. The molecule has 0 aromatic heterocycles. The van der Waals surface area contributed by atoms with Gasteiger partial charge in [0.05, 0.1) is 11.4 Å². The number of hydrogen-bond acceptors (Lipinski definition) is 3. The molecule has 0 saturated heterocycles. The second kappa shape index (κ2) is 6.54. The number of aliphatic hydroxyl groups is 1. The van der Waals surface area contributed by atoms with Gasteiger partial charge >= 0.3 is 0 Å². The molecule has 0 aliphatic heterocycles. The number of anilines is 1. The summed E-state index contributed by atoms with van der Waals surface area (Å²) in [5.41, 5.74) is 2.54. The summed E-state index contributed by atoms with van der Waals surface area (Å²) in [5, 5.41) is 8.65. The van der Waals surface area contributed by atoms with Crippen molar-refractivity contribution in [2.24, 2.45) is 0 Å². The maximum Gasteiger partial charge on any atom is 0.232 e. The third-order valence-electron chi connectivity index (χ3n) is 2.51. The molecule has 0 atom stereocenters. The molecule has 0 unspecified atom stereocenters. The van der Waals surface area contributed by atoms with Crippen molar-refractivity contribution in [3.05, 3.63) is 27.7 Å². The molecule has 0 aliphatic carbocycles. The lowest BCUT2D eigenvalue weighted by molar-refractivity contribution is 0.287. The van der Waals surface area contributed by atoms with Crippen LogP contribution in [0, 0.1) is 13.8 Å². The lowest BCUT2D eigenvalue weighted by atomic mass is 10.1. The molecule has 6 heteroatoms. The molecule has 0 saturated carbocycles. The molecule has 2 N–H and O–H groups in total. The SMILES string of the molecule is Cc1cc(C)c(NS(=O)(=O)CCCCO)c(Br)c1. The van der Waals surface area contributed by atoms with Crippen LogP contribution in [0.15, 0.2) is 16.6 Å². The Morgan fingerprint density at radius 2 is 1.94 bits per heavy atom. The van der Waals surface area contributed by atoms with Crippen LogP contribution in [0.1, 0.15) is 24.0 Å². The van der Waals surface area contributed by atoms with Gasteiger partial charge in [-0.15, -0.1) is 0 Å². The van der Waals surface area contributed by atoms with E-state index in [4.69, 9.17) is 5.11 Å². The molecule has 0 heterocycles. The van der Waals surface area contributed by atoms with Crippen molar-refractivity contribution in [3.63, 3.8) is 0 Å². The van der Waals surface area contributed by atoms with Gasteiger partial charge in [0.15, 0.2) is 0 Å². The van der Waals surface area contributed by atoms with E-state index < -0.39 is 10.0 Å². The van der Waals surface area contributed by atoms with Crippen LogP contribution < -0.4 is 4.72 Å². The van der Waals surface area contributed by atoms with Crippen molar-refractivity contribution < 1.29 is 13.5 Å². The number of sulfonamides is 1. The van der Waals surface area contributed by atoms with Crippen molar-refractivity contribution in [1.29, 1.82) is 0 Å². The summed E-state index contributed by atoms with van der Waals surface area (Å²) in [6.07, 6.45) is 0.948. The van der Waals surface area contributed by atoms with E-state index in [0.29, 0.717) is 18.5 Å². The Labute approximate surface area is 117 Å². The quantitative estimate of drug-likeness (QED) is 0.785. The van der Waals surface area contributed by atoms with Crippen molar-refractivity contribution in [2.75, 3.05) is 17.1 Å². The highest BCUT2D eigenvalue weighted by molar-refractivity contribution is 9.10. The Morgan fingerprint density at radius 1 is 1.28 bits per heavy atom. The zero-order chi connectivity index (χ0) is 13.8. The third-order valence-corrected chi connectivity index (χ3v) is 4.48. The van der Waals surface area contributed by atoms with Gasteiger partial charge in [-0.25, -0.2) is 8.42 Å². The number of aryl methyl sites for hydroxylation is 2. The van der Waals surface area contributed by atoms with Crippen LogP contribution >= 0.6 is 15.9 Å². The Balaban J connectivity index is 2.84. The smallest absolute Gasteiger partial charge is 0.232 e. The van der Waals surface area contributed by atoms with Gasteiger partial charge < -0.3 is 5.11 Å². The fourth-order valence-electron chi connectivity index (χ4n) is 1.66. The van der Waals surface area contributed by atoms with Crippen molar-refractivity contribution in [2.45, 2.75) is 26.7 Å². The van der Waals surface area contributed by atoms with E-state index in [1.54, 1.807) is 0 Å². The average Bonchev–Trinajstić information content (AvgIpc) is 2.23. The number of aliphatic hydroxyl groups excluding tert-OH is 1. The molecule has 0 bridgehead atoms. The number of unbranched alkanes of at least 4 members (excludes halogenated alkanes) is 1. The number of nitrogens with one attached hydrogen (secondary N) is 1. The fraction of sp³-hybridized carbons (Fsp3) is 0.500. The minimum atomic E-state index is -3.36. The van der Waals surface area contributed by atoms with Crippen LogP contribution in [0.25, 0.3) is 0 Å². The highest BCUT2D eigenvalue weighted by Gasteiger charge is 2.14. The molecule has 4 nitrogen and oxygen atoms in total. The second-order valence-electron chi connectivity index (χ2n) is 4.29. The van der Waals surface area contributed by atoms with Crippen LogP contribution in [0.2, 0.25) is 0 Å². The average molecular weight is 336 g/mol. The van der Waals surface area contributed by atoms with Crippen molar-refractivity contribution >= 4 is 31.6 Å². The molecule has 0 spiro atoms. The summed E-state index contributed by atoms with van der Waals surface area (Å²) in [7, 11) is -3.36. The van der Waals surface area contributed by atoms with E-state index in [1.165, 1.54) is 0 Å². The van der Waals surface area contributed by atoms with E-state index in [0.717, 1.165) is 15.6 Å². The summed E-state index contributed by atoms with van der Waals surface area (Å²) in [6.45, 7) is 3.84. The van der Waals surface area contributed by atoms with Crippen LogP contribution in [0.5, 0.6) is 0 Å². The molecule has 0 amide bonds. The van der Waals surface area contributed by atoms with Crippen molar-refractivity contribution in [3.8, 4) is 0 Å². The van der Waals surface area contributed by atoms with Crippen LogP contribution in [-0.2, 0) is 10.0 Å². The molecule has 18 heavy (non-hydrogen) atoms. The Hall–Kier alpha value is -0.590. The first kappa shape index (κ1) is 15.5. The summed E-state index contributed by atoms with van der Waals surface area (Å²) in [6, 6.07) is 3.80. The summed E-state index contributed by atoms with van der Waals surface area (Å²) in [4.78, 5) is 0. The first-order chi connectivity index (χ1) is 8.35. The molecule has 1 rings (SSSR count). The van der Waals surface area contributed by atoms with E-state index in [9.17, 15) is 8.42 Å². The predicted octanol–water partition coefficient (Wildman–Crippen LogP) is 2.58. The maximum atomic E-state index is 11.9. The Morgan fingerprint density at radius 3 is 2.50 bits per heavy atom. The van der Waals surface area contributed by atoms with Crippen LogP contribution in [0.3, 0.4) is 0 Å².